The molecule has 0 spiro atoms. The summed E-state index contributed by atoms with van der Waals surface area (Å²) in [7, 11) is 0. The lowest BCUT2D eigenvalue weighted by Crippen LogP contribution is -2.44. The number of carbonyl (C=O) groups excluding carboxylic acids is 1. The summed E-state index contributed by atoms with van der Waals surface area (Å²) in [4.78, 5) is 12.2. The van der Waals surface area contributed by atoms with E-state index < -0.39 is 0 Å². The molecule has 0 unspecified atom stereocenters. The van der Waals surface area contributed by atoms with Gasteiger partial charge in [-0.1, -0.05) is 12.1 Å². The molecular formula is C17H22FN5O2. The highest BCUT2D eigenvalue weighted by Gasteiger charge is 2.35. The van der Waals surface area contributed by atoms with Crippen molar-refractivity contribution in [3.05, 3.63) is 41.5 Å². The zero-order valence-corrected chi connectivity index (χ0v) is 14.2. The Balaban J connectivity index is 1.63. The Morgan fingerprint density at radius 2 is 2.20 bits per heavy atom. The summed E-state index contributed by atoms with van der Waals surface area (Å²) in [5, 5.41) is 14.2. The quantitative estimate of drug-likeness (QED) is 0.854. The lowest BCUT2D eigenvalue weighted by Gasteiger charge is -2.38. The van der Waals surface area contributed by atoms with Gasteiger partial charge in [0.2, 0.25) is 5.91 Å². The van der Waals surface area contributed by atoms with E-state index in [2.05, 4.69) is 20.8 Å². The number of nitrogens with zero attached hydrogens (tertiary/aromatic N) is 4. The fourth-order valence-electron chi connectivity index (χ4n) is 3.17. The molecule has 1 aliphatic rings. The number of hydrogen-bond donors (Lipinski definition) is 1. The van der Waals surface area contributed by atoms with Crippen molar-refractivity contribution in [1.82, 2.24) is 25.5 Å². The van der Waals surface area contributed by atoms with Crippen LogP contribution < -0.4 is 5.32 Å². The molecule has 2 aromatic rings. The van der Waals surface area contributed by atoms with Crippen LogP contribution in [0.4, 0.5) is 4.39 Å². The van der Waals surface area contributed by atoms with E-state index in [0.29, 0.717) is 38.5 Å². The number of ether oxygens (including phenoxy) is 1. The van der Waals surface area contributed by atoms with Crippen LogP contribution in [0.15, 0.2) is 24.3 Å². The van der Waals surface area contributed by atoms with E-state index in [1.165, 1.54) is 6.07 Å². The van der Waals surface area contributed by atoms with Crippen molar-refractivity contribution >= 4 is 5.91 Å². The van der Waals surface area contributed by atoms with E-state index in [4.69, 9.17) is 4.74 Å². The number of aromatic nitrogens is 4. The molecule has 1 N–H and O–H groups in total. The fourth-order valence-corrected chi connectivity index (χ4v) is 3.17. The van der Waals surface area contributed by atoms with Crippen molar-refractivity contribution in [3.63, 3.8) is 0 Å². The van der Waals surface area contributed by atoms with Crippen LogP contribution >= 0.6 is 0 Å². The smallest absolute Gasteiger partial charge is 0.221 e. The second kappa shape index (κ2) is 7.69. The SMILES string of the molecule is Cc1nnnn1CCC(=O)NCC1(c2cccc(F)c2)CCOCC1. The maximum Gasteiger partial charge on any atom is 0.221 e. The van der Waals surface area contributed by atoms with E-state index in [1.54, 1.807) is 23.7 Å². The number of nitrogens with one attached hydrogen (secondary N) is 1. The summed E-state index contributed by atoms with van der Waals surface area (Å²) < 4.78 is 20.7. The molecule has 1 fully saturated rings. The summed E-state index contributed by atoms with van der Waals surface area (Å²) in [6, 6.07) is 6.63. The Bertz CT molecular complexity index is 727. The Labute approximate surface area is 145 Å². The number of benzene rings is 1. The minimum Gasteiger partial charge on any atom is -0.381 e. The number of rotatable bonds is 6. The van der Waals surface area contributed by atoms with Gasteiger partial charge in [-0.25, -0.2) is 9.07 Å². The molecule has 3 rings (SSSR count). The van der Waals surface area contributed by atoms with Crippen LogP contribution in [0.25, 0.3) is 0 Å². The standard InChI is InChI=1S/C17H22FN5O2/c1-13-20-21-22-23(13)8-5-16(24)19-12-17(6-9-25-10-7-17)14-3-2-4-15(18)11-14/h2-4,11H,5-10,12H2,1H3,(H,19,24). The zero-order chi connectivity index (χ0) is 17.7. The minimum atomic E-state index is -0.291. The number of aryl methyl sites for hydroxylation is 2. The van der Waals surface area contributed by atoms with E-state index in [0.717, 1.165) is 18.4 Å². The van der Waals surface area contributed by atoms with Gasteiger partial charge in [0.15, 0.2) is 0 Å². The van der Waals surface area contributed by atoms with Crippen LogP contribution in [0.5, 0.6) is 0 Å². The molecule has 1 aliphatic heterocycles. The Morgan fingerprint density at radius 3 is 2.88 bits per heavy atom. The first-order valence-electron chi connectivity index (χ1n) is 8.42. The molecule has 1 aromatic carbocycles. The highest BCUT2D eigenvalue weighted by molar-refractivity contribution is 5.75. The van der Waals surface area contributed by atoms with Crippen molar-refractivity contribution in [2.24, 2.45) is 0 Å². The van der Waals surface area contributed by atoms with Gasteiger partial charge in [0.25, 0.3) is 0 Å². The second-order valence-electron chi connectivity index (χ2n) is 6.38. The van der Waals surface area contributed by atoms with Crippen molar-refractivity contribution in [3.8, 4) is 0 Å². The molecule has 7 nitrogen and oxygen atoms in total. The van der Waals surface area contributed by atoms with Gasteiger partial charge < -0.3 is 10.1 Å². The predicted octanol–water partition coefficient (Wildman–Crippen LogP) is 1.38. The fraction of sp³-hybridized carbons (Fsp3) is 0.529. The molecule has 0 saturated carbocycles. The van der Waals surface area contributed by atoms with Crippen LogP contribution in [-0.4, -0.2) is 45.9 Å². The lowest BCUT2D eigenvalue weighted by atomic mass is 9.74. The van der Waals surface area contributed by atoms with Gasteiger partial charge in [-0.15, -0.1) is 5.10 Å². The average molecular weight is 347 g/mol. The van der Waals surface area contributed by atoms with Crippen molar-refractivity contribution < 1.29 is 13.9 Å². The third-order valence-corrected chi connectivity index (χ3v) is 4.77. The van der Waals surface area contributed by atoms with Crippen molar-refractivity contribution in [2.45, 2.75) is 38.1 Å². The molecule has 0 aliphatic carbocycles. The first kappa shape index (κ1) is 17.5. The Hall–Kier alpha value is -2.35. The van der Waals surface area contributed by atoms with Gasteiger partial charge in [-0.05, 0) is 47.9 Å². The Morgan fingerprint density at radius 1 is 1.40 bits per heavy atom. The van der Waals surface area contributed by atoms with E-state index in [-0.39, 0.29) is 17.1 Å². The molecule has 8 heteroatoms. The number of amides is 1. The van der Waals surface area contributed by atoms with Gasteiger partial charge in [0.05, 0.1) is 6.54 Å². The van der Waals surface area contributed by atoms with Gasteiger partial charge in [-0.3, -0.25) is 4.79 Å². The monoisotopic (exact) mass is 347 g/mol. The van der Waals surface area contributed by atoms with Gasteiger partial charge in [-0.2, -0.15) is 0 Å². The van der Waals surface area contributed by atoms with Crippen molar-refractivity contribution in [1.29, 1.82) is 0 Å². The molecule has 1 aromatic heterocycles. The van der Waals surface area contributed by atoms with Crippen LogP contribution in [0.3, 0.4) is 0 Å². The highest BCUT2D eigenvalue weighted by Crippen LogP contribution is 2.34. The molecular weight excluding hydrogens is 325 g/mol. The van der Waals surface area contributed by atoms with E-state index in [1.807, 2.05) is 6.07 Å². The number of halogens is 1. The third-order valence-electron chi connectivity index (χ3n) is 4.77. The lowest BCUT2D eigenvalue weighted by molar-refractivity contribution is -0.121. The maximum atomic E-state index is 13.7. The summed E-state index contributed by atoms with van der Waals surface area (Å²) in [6.07, 6.45) is 1.80. The molecule has 0 radical (unpaired) electrons. The molecule has 1 amide bonds. The molecule has 2 heterocycles. The van der Waals surface area contributed by atoms with Gasteiger partial charge >= 0.3 is 0 Å². The molecule has 1 saturated heterocycles. The number of tetrazole rings is 1. The average Bonchev–Trinajstić information content (AvgIpc) is 3.04. The normalized spacial score (nSPS) is 16.6. The second-order valence-corrected chi connectivity index (χ2v) is 6.38. The largest absolute Gasteiger partial charge is 0.381 e. The van der Waals surface area contributed by atoms with Crippen LogP contribution in [-0.2, 0) is 21.5 Å². The van der Waals surface area contributed by atoms with E-state index in [9.17, 15) is 9.18 Å². The Kier molecular flexibility index (Phi) is 5.37. The van der Waals surface area contributed by atoms with Crippen LogP contribution in [0, 0.1) is 12.7 Å². The molecule has 134 valence electrons. The third kappa shape index (κ3) is 4.19. The summed E-state index contributed by atoms with van der Waals surface area (Å²) in [5.41, 5.74) is 0.619. The number of hydrogen-bond acceptors (Lipinski definition) is 5. The summed E-state index contributed by atoms with van der Waals surface area (Å²) >= 11 is 0. The van der Waals surface area contributed by atoms with Crippen molar-refractivity contribution in [2.75, 3.05) is 19.8 Å². The first-order chi connectivity index (χ1) is 12.1. The van der Waals surface area contributed by atoms with Crippen LogP contribution in [0.2, 0.25) is 0 Å². The molecule has 0 atom stereocenters. The highest BCUT2D eigenvalue weighted by atomic mass is 19.1. The van der Waals surface area contributed by atoms with Crippen LogP contribution in [0.1, 0.15) is 30.7 Å². The van der Waals surface area contributed by atoms with E-state index >= 15 is 0 Å². The van der Waals surface area contributed by atoms with Gasteiger partial charge in [0.1, 0.15) is 11.6 Å². The number of carbonyl (C=O) groups is 1. The predicted molar refractivity (Wildman–Crippen MR) is 88.3 cm³/mol. The topological polar surface area (TPSA) is 81.9 Å². The summed E-state index contributed by atoms with van der Waals surface area (Å²) in [5.74, 6) is 0.342. The minimum absolute atomic E-state index is 0.0721. The molecule has 0 bridgehead atoms. The van der Waals surface area contributed by atoms with Gasteiger partial charge in [0, 0.05) is 31.6 Å². The summed E-state index contributed by atoms with van der Waals surface area (Å²) in [6.45, 7) is 3.90. The molecule has 25 heavy (non-hydrogen) atoms. The maximum absolute atomic E-state index is 13.7. The zero-order valence-electron chi connectivity index (χ0n) is 14.2. The first-order valence-corrected chi connectivity index (χ1v) is 8.42.